The van der Waals surface area contributed by atoms with Gasteiger partial charge in [-0.25, -0.2) is 26.3 Å². The van der Waals surface area contributed by atoms with E-state index in [9.17, 15) is 107 Å². The van der Waals surface area contributed by atoms with Crippen molar-refractivity contribution in [3.63, 3.8) is 0 Å². The van der Waals surface area contributed by atoms with Crippen molar-refractivity contribution in [1.29, 1.82) is 0 Å². The summed E-state index contributed by atoms with van der Waals surface area (Å²) in [4.78, 5) is 49.9. The Morgan fingerprint density at radius 3 is 1.29 bits per heavy atom. The molecule has 41 heteroatoms. The highest BCUT2D eigenvalue weighted by molar-refractivity contribution is 7.81. The number of nitrogens with one attached hydrogen (secondary N) is 2. The zero-order chi connectivity index (χ0) is 54.6. The molecule has 4 rings (SSSR count). The molecule has 0 saturated carbocycles. The lowest BCUT2D eigenvalue weighted by atomic mass is 9.94. The number of carboxylic acid groups (broad SMARTS) is 2. The number of aliphatic hydroxyl groups is 5. The number of hydrogen-bond acceptors (Lipinski definition) is 29. The number of ether oxygens (including phenoxy) is 8. The molecule has 416 valence electrons. The molecular formula is C31H48N2O35S4. The summed E-state index contributed by atoms with van der Waals surface area (Å²) in [5.74, 6) is -6.41. The molecule has 0 aromatic carbocycles. The number of carbonyl (C=O) groups is 4. The van der Waals surface area contributed by atoms with E-state index in [1.54, 1.807) is 0 Å². The molecule has 20 atom stereocenters. The van der Waals surface area contributed by atoms with E-state index in [0.29, 0.717) is 0 Å². The molecule has 37 nitrogen and oxygen atoms in total. The molecular weight excluding hydrogens is 1090 g/mol. The van der Waals surface area contributed by atoms with Crippen molar-refractivity contribution in [2.45, 2.75) is 137 Å². The highest BCUT2D eigenvalue weighted by Crippen LogP contribution is 2.37. The highest BCUT2D eigenvalue weighted by Gasteiger charge is 2.59. The van der Waals surface area contributed by atoms with Crippen LogP contribution in [0.5, 0.6) is 0 Å². The molecule has 0 radical (unpaired) electrons. The molecule has 4 heterocycles. The second kappa shape index (κ2) is 24.5. The molecule has 4 saturated heterocycles. The lowest BCUT2D eigenvalue weighted by molar-refractivity contribution is -0.367. The Morgan fingerprint density at radius 2 is 0.903 bits per heavy atom. The first-order valence-electron chi connectivity index (χ1n) is 19.8. The molecule has 0 spiro atoms. The normalized spacial score (nSPS) is 38.0. The van der Waals surface area contributed by atoms with E-state index in [1.807, 2.05) is 5.32 Å². The van der Waals surface area contributed by atoms with Crippen LogP contribution in [0.3, 0.4) is 0 Å². The Balaban J connectivity index is 1.83. The molecule has 9 unspecified atom stereocenters. The lowest BCUT2D eigenvalue weighted by Gasteiger charge is -2.50. The van der Waals surface area contributed by atoms with Crippen LogP contribution in [0.2, 0.25) is 0 Å². The average Bonchev–Trinajstić information content (AvgIpc) is 3.22. The number of aliphatic carboxylic acids is 2. The highest BCUT2D eigenvalue weighted by atomic mass is 32.3. The molecule has 4 aliphatic rings. The van der Waals surface area contributed by atoms with Crippen LogP contribution in [0.4, 0.5) is 0 Å². The van der Waals surface area contributed by atoms with Gasteiger partial charge >= 0.3 is 53.5 Å². The van der Waals surface area contributed by atoms with Crippen LogP contribution in [0.25, 0.3) is 0 Å². The SMILES string of the molecule is C=CCO[C@@H]1OC(COS(=O)(=O)O)[C@H](OS(=O)(=O)O)[C@H](O[C@@H]2OC(C(=O)O)[C@@H](O[C@@H]3OC(COS(=O)(=O)O)C(OS(=O)(=O)O)[C@H](O[C@@H]4OC(C(=O)O)[C@@H](O)[C@H](O)C4O)C3NC(C)=O)[C@H](O)C2O)C1NC(C)=O. The van der Waals surface area contributed by atoms with Gasteiger partial charge in [0.25, 0.3) is 0 Å². The Labute approximate surface area is 405 Å². The Hall–Kier alpha value is -3.42. The van der Waals surface area contributed by atoms with Gasteiger partial charge in [0.2, 0.25) is 11.8 Å². The van der Waals surface area contributed by atoms with E-state index in [0.717, 1.165) is 19.9 Å². The maximum Gasteiger partial charge on any atom is 0.397 e. The van der Waals surface area contributed by atoms with E-state index in [4.69, 9.17) is 37.9 Å². The summed E-state index contributed by atoms with van der Waals surface area (Å²) in [6.45, 7) is 1.47. The molecule has 0 aliphatic carbocycles. The fraction of sp³-hybridized carbons (Fsp3) is 0.806. The topological polar surface area (TPSA) is 562 Å². The van der Waals surface area contributed by atoms with Crippen LogP contribution in [0, 0.1) is 0 Å². The maximum absolute atomic E-state index is 12.9. The summed E-state index contributed by atoms with van der Waals surface area (Å²) in [5.41, 5.74) is 0. The minimum atomic E-state index is -5.84. The molecule has 0 aromatic heterocycles. The summed E-state index contributed by atoms with van der Waals surface area (Å²) >= 11 is 0. The first-order valence-corrected chi connectivity index (χ1v) is 25.2. The van der Waals surface area contributed by atoms with Crippen LogP contribution < -0.4 is 10.6 Å². The molecule has 13 N–H and O–H groups in total. The Bertz CT molecular complexity index is 2390. The van der Waals surface area contributed by atoms with E-state index in [2.05, 4.69) is 28.6 Å². The Kier molecular flexibility index (Phi) is 20.8. The second-order valence-electron chi connectivity index (χ2n) is 15.3. The van der Waals surface area contributed by atoms with E-state index in [-0.39, 0.29) is 0 Å². The standard InChI is InChI=1S/C31H48N2O35S4/c1-4-5-57-28-12(32-8(2)34)21(19(67-71(51,52)53)10(60-28)6-58-69(45,46)47)62-31-18(40)16(38)23(25(66-31)27(43)44)64-29-13(33-9(3)35)22(63-30-17(39)14(36)15(37)24(65-30)26(41)42)20(68-72(54,55)56)11(61-29)7-59-70(48,49)50/h4,10-25,28-31,36-40H,1,5-7H2,2-3H3,(H,32,34)(H,33,35)(H,41,42)(H,43,44)(H,45,46,47)(H,48,49,50)(H,51,52,53)(H,54,55,56)/t10?,11?,12?,13?,14-,15-,16+,17?,18?,19-,20?,21+,22+,23-,24?,25?,28+,29-,30+,31+/m0/s1. The third kappa shape index (κ3) is 16.8. The molecule has 2 amide bonds. The van der Waals surface area contributed by atoms with Gasteiger partial charge in [0, 0.05) is 13.8 Å². The van der Waals surface area contributed by atoms with Crippen molar-refractivity contribution in [1.82, 2.24) is 10.6 Å². The zero-order valence-electron chi connectivity index (χ0n) is 36.3. The van der Waals surface area contributed by atoms with Gasteiger partial charge in [-0.15, -0.1) is 6.58 Å². The summed E-state index contributed by atoms with van der Waals surface area (Å²) < 4.78 is 195. The number of aliphatic hydroxyl groups excluding tert-OH is 5. The Morgan fingerprint density at radius 1 is 0.514 bits per heavy atom. The number of hydrogen-bond donors (Lipinski definition) is 13. The second-order valence-corrected chi connectivity index (χ2v) is 19.6. The third-order valence-corrected chi connectivity index (χ3v) is 11.9. The number of amides is 2. The van der Waals surface area contributed by atoms with Crippen molar-refractivity contribution < 1.29 is 161 Å². The fourth-order valence-corrected chi connectivity index (χ4v) is 8.99. The van der Waals surface area contributed by atoms with Gasteiger partial charge in [-0.1, -0.05) is 6.08 Å². The third-order valence-electron chi connectivity index (χ3n) is 10.1. The van der Waals surface area contributed by atoms with E-state index < -0.39 is 208 Å². The van der Waals surface area contributed by atoms with Crippen LogP contribution in [-0.2, 0) is 115 Å². The predicted octanol–water partition coefficient (Wildman–Crippen LogP) is -8.76. The first kappa shape index (κ1) is 61.1. The van der Waals surface area contributed by atoms with E-state index in [1.165, 1.54) is 0 Å². The lowest BCUT2D eigenvalue weighted by Crippen LogP contribution is -2.71. The van der Waals surface area contributed by atoms with Gasteiger partial charge in [0.1, 0.15) is 85.3 Å². The summed E-state index contributed by atoms with van der Waals surface area (Å²) in [6.07, 6.45) is -44.1. The van der Waals surface area contributed by atoms with Crippen molar-refractivity contribution in [3.8, 4) is 0 Å². The quantitative estimate of drug-likeness (QED) is 0.0334. The number of carboxylic acids is 2. The minimum Gasteiger partial charge on any atom is -0.479 e. The largest absolute Gasteiger partial charge is 0.479 e. The first-order chi connectivity index (χ1) is 33.0. The molecule has 4 fully saturated rings. The van der Waals surface area contributed by atoms with Gasteiger partial charge in [0.15, 0.2) is 37.4 Å². The van der Waals surface area contributed by atoms with Gasteiger partial charge in [-0.05, 0) is 0 Å². The van der Waals surface area contributed by atoms with Gasteiger partial charge < -0.3 is 84.3 Å². The molecule has 0 aromatic rings. The average molecular weight is 1140 g/mol. The van der Waals surface area contributed by atoms with Crippen molar-refractivity contribution in [2.24, 2.45) is 0 Å². The van der Waals surface area contributed by atoms with Crippen LogP contribution in [0.15, 0.2) is 12.7 Å². The van der Waals surface area contributed by atoms with Gasteiger partial charge in [-0.2, -0.15) is 33.7 Å². The van der Waals surface area contributed by atoms with Crippen LogP contribution in [-0.4, -0.2) is 254 Å². The van der Waals surface area contributed by atoms with Gasteiger partial charge in [0.05, 0.1) is 19.8 Å². The molecule has 4 aliphatic heterocycles. The van der Waals surface area contributed by atoms with Gasteiger partial charge in [-0.3, -0.25) is 27.8 Å². The fourth-order valence-electron chi connectivity index (χ4n) is 7.34. The van der Waals surface area contributed by atoms with Crippen molar-refractivity contribution in [2.75, 3.05) is 19.8 Å². The maximum atomic E-state index is 12.9. The number of rotatable bonds is 23. The molecule has 72 heavy (non-hydrogen) atoms. The van der Waals surface area contributed by atoms with E-state index >= 15 is 0 Å². The monoisotopic (exact) mass is 1140 g/mol. The summed E-state index contributed by atoms with van der Waals surface area (Å²) in [6, 6.07) is -4.30. The minimum absolute atomic E-state index is 0.479. The summed E-state index contributed by atoms with van der Waals surface area (Å²) in [7, 11) is -22.5. The summed E-state index contributed by atoms with van der Waals surface area (Å²) in [5, 5.41) is 78.7. The van der Waals surface area contributed by atoms with Crippen LogP contribution >= 0.6 is 0 Å². The van der Waals surface area contributed by atoms with Crippen LogP contribution in [0.1, 0.15) is 13.8 Å². The number of carbonyl (C=O) groups excluding carboxylic acids is 2. The zero-order valence-corrected chi connectivity index (χ0v) is 39.6. The smallest absolute Gasteiger partial charge is 0.397 e. The van der Waals surface area contributed by atoms with Crippen molar-refractivity contribution in [3.05, 3.63) is 12.7 Å². The van der Waals surface area contributed by atoms with Crippen molar-refractivity contribution >= 4 is 65.3 Å². The molecule has 0 bridgehead atoms. The predicted molar refractivity (Wildman–Crippen MR) is 214 cm³/mol.